The topological polar surface area (TPSA) is 78.8 Å². The Labute approximate surface area is 216 Å². The number of aliphatic hydroxyl groups is 1. The van der Waals surface area contributed by atoms with Gasteiger partial charge < -0.3 is 20.3 Å². The Morgan fingerprint density at radius 2 is 1.72 bits per heavy atom. The first-order valence-corrected chi connectivity index (χ1v) is 13.6. The molecule has 2 bridgehead atoms. The lowest BCUT2D eigenvalue weighted by Gasteiger charge is -2.30. The van der Waals surface area contributed by atoms with Gasteiger partial charge in [-0.2, -0.15) is 0 Å². The second-order valence-electron chi connectivity index (χ2n) is 11.9. The Morgan fingerprint density at radius 1 is 1.03 bits per heavy atom. The van der Waals surface area contributed by atoms with Crippen molar-refractivity contribution in [2.24, 2.45) is 0 Å². The quantitative estimate of drug-likeness (QED) is 0.339. The molecule has 2 aliphatic rings. The normalized spacial score (nSPS) is 20.9. The number of hydrogen-bond acceptors (Lipinski definition) is 4. The number of benzene rings is 2. The van der Waals surface area contributed by atoms with Crippen LogP contribution in [0.25, 0.3) is 0 Å². The minimum absolute atomic E-state index is 0.00300. The van der Waals surface area contributed by atoms with Crippen LogP contribution in [0.2, 0.25) is 0 Å². The number of phenolic OH excluding ortho intramolecular Hbond substituents is 1. The Kier molecular flexibility index (Phi) is 7.43. The molecule has 2 aliphatic carbocycles. The molecular weight excluding hydrogens is 450 g/mol. The predicted octanol–water partition coefficient (Wildman–Crippen LogP) is 6.30. The van der Waals surface area contributed by atoms with Crippen LogP contribution in [0.5, 0.6) is 11.5 Å². The van der Waals surface area contributed by atoms with Gasteiger partial charge in [-0.15, -0.1) is 0 Å². The third-order valence-electron chi connectivity index (χ3n) is 8.95. The van der Waals surface area contributed by atoms with Gasteiger partial charge in [0.05, 0.1) is 12.7 Å². The lowest BCUT2D eigenvalue weighted by atomic mass is 9.76. The number of carbonyl (C=O) groups is 1. The first-order valence-electron chi connectivity index (χ1n) is 13.6. The highest BCUT2D eigenvalue weighted by Gasteiger charge is 2.47. The summed E-state index contributed by atoms with van der Waals surface area (Å²) in [4.78, 5) is 13.0. The van der Waals surface area contributed by atoms with Crippen LogP contribution >= 0.6 is 0 Å². The van der Waals surface area contributed by atoms with Crippen LogP contribution in [0, 0.1) is 0 Å². The number of amides is 1. The molecule has 3 atom stereocenters. The van der Waals surface area contributed by atoms with E-state index in [4.69, 9.17) is 4.74 Å². The van der Waals surface area contributed by atoms with E-state index in [1.807, 2.05) is 0 Å². The molecule has 0 aliphatic heterocycles. The van der Waals surface area contributed by atoms with Gasteiger partial charge in [0.2, 0.25) is 0 Å². The molecule has 0 radical (unpaired) electrons. The van der Waals surface area contributed by atoms with Gasteiger partial charge in [0.15, 0.2) is 0 Å². The number of rotatable bonds is 10. The summed E-state index contributed by atoms with van der Waals surface area (Å²) < 4.78 is 6.24. The van der Waals surface area contributed by atoms with Gasteiger partial charge in [0.25, 0.3) is 5.91 Å². The minimum Gasteiger partial charge on any atom is -0.508 e. The van der Waals surface area contributed by atoms with Gasteiger partial charge >= 0.3 is 0 Å². The lowest BCUT2D eigenvalue weighted by molar-refractivity contribution is 0.0949. The van der Waals surface area contributed by atoms with Crippen molar-refractivity contribution in [2.45, 2.75) is 102 Å². The van der Waals surface area contributed by atoms with Crippen molar-refractivity contribution >= 4 is 5.91 Å². The summed E-state index contributed by atoms with van der Waals surface area (Å²) in [7, 11) is 0. The van der Waals surface area contributed by atoms with E-state index in [9.17, 15) is 15.0 Å². The van der Waals surface area contributed by atoms with Crippen molar-refractivity contribution in [3.63, 3.8) is 0 Å². The third kappa shape index (κ3) is 4.87. The van der Waals surface area contributed by atoms with Crippen molar-refractivity contribution < 1.29 is 19.7 Å². The summed E-state index contributed by atoms with van der Waals surface area (Å²) in [5.41, 5.74) is 5.04. The van der Waals surface area contributed by atoms with Crippen LogP contribution < -0.4 is 10.1 Å². The molecule has 1 saturated carbocycles. The van der Waals surface area contributed by atoms with Crippen molar-refractivity contribution in [1.82, 2.24) is 5.32 Å². The molecule has 4 rings (SSSR count). The fraction of sp³-hybridized carbons (Fsp3) is 0.581. The molecule has 5 heteroatoms. The predicted molar refractivity (Wildman–Crippen MR) is 144 cm³/mol. The summed E-state index contributed by atoms with van der Waals surface area (Å²) in [5, 5.41) is 23.7. The maximum absolute atomic E-state index is 13.0. The van der Waals surface area contributed by atoms with Gasteiger partial charge in [-0.1, -0.05) is 53.7 Å². The average molecular weight is 494 g/mol. The molecule has 196 valence electrons. The molecule has 3 unspecified atom stereocenters. The van der Waals surface area contributed by atoms with E-state index >= 15 is 0 Å². The van der Waals surface area contributed by atoms with E-state index in [0.717, 1.165) is 42.6 Å². The average Bonchev–Trinajstić information content (AvgIpc) is 3.35. The van der Waals surface area contributed by atoms with Crippen LogP contribution in [0.3, 0.4) is 0 Å². The standard InChI is InChI=1S/C31H43NO4/c1-7-30(3,4)19-10-13-26(25(16-19)31(5,6)8-2)36-15-9-14-32-29(35)24-18-20(33)17-23-21-11-12-22(27(23)24)28(21)34/h10,13,16-18,21-22,28,33-34H,7-9,11-12,14-15H2,1-6H3,(H,32,35). The highest BCUT2D eigenvalue weighted by molar-refractivity contribution is 5.97. The zero-order chi connectivity index (χ0) is 26.3. The fourth-order valence-corrected chi connectivity index (χ4v) is 5.76. The number of hydrogen-bond donors (Lipinski definition) is 3. The van der Waals surface area contributed by atoms with Gasteiger partial charge in [0.1, 0.15) is 11.5 Å². The molecular formula is C31H43NO4. The second kappa shape index (κ2) is 10.1. The number of carbonyl (C=O) groups excluding carboxylic acids is 1. The van der Waals surface area contributed by atoms with Crippen LogP contribution in [-0.2, 0) is 10.8 Å². The van der Waals surface area contributed by atoms with Crippen LogP contribution in [0.15, 0.2) is 30.3 Å². The van der Waals surface area contributed by atoms with E-state index in [1.54, 1.807) is 6.07 Å². The van der Waals surface area contributed by atoms with Gasteiger partial charge in [-0.25, -0.2) is 0 Å². The SMILES string of the molecule is CCC(C)(C)c1ccc(OCCCNC(=O)c2cc(O)cc3c2C2CCC3C2O)c(C(C)(C)CC)c1. The molecule has 0 spiro atoms. The van der Waals surface area contributed by atoms with Crippen molar-refractivity contribution in [1.29, 1.82) is 0 Å². The Hall–Kier alpha value is -2.53. The van der Waals surface area contributed by atoms with Crippen molar-refractivity contribution in [2.75, 3.05) is 13.2 Å². The highest BCUT2D eigenvalue weighted by Crippen LogP contribution is 2.55. The molecule has 0 saturated heterocycles. The van der Waals surface area contributed by atoms with Crippen molar-refractivity contribution in [3.05, 3.63) is 58.1 Å². The molecule has 1 amide bonds. The number of fused-ring (bicyclic) bond motifs is 5. The molecule has 3 N–H and O–H groups in total. The zero-order valence-electron chi connectivity index (χ0n) is 22.8. The Morgan fingerprint density at radius 3 is 2.42 bits per heavy atom. The second-order valence-corrected chi connectivity index (χ2v) is 11.9. The summed E-state index contributed by atoms with van der Waals surface area (Å²) >= 11 is 0. The molecule has 2 aromatic carbocycles. The van der Waals surface area contributed by atoms with Crippen LogP contribution in [-0.4, -0.2) is 35.4 Å². The van der Waals surface area contributed by atoms with E-state index in [-0.39, 0.29) is 34.3 Å². The van der Waals surface area contributed by atoms with E-state index < -0.39 is 6.10 Å². The fourth-order valence-electron chi connectivity index (χ4n) is 5.76. The first kappa shape index (κ1) is 26.5. The largest absolute Gasteiger partial charge is 0.508 e. The lowest BCUT2D eigenvalue weighted by Crippen LogP contribution is -2.27. The summed E-state index contributed by atoms with van der Waals surface area (Å²) in [6, 6.07) is 9.86. The third-order valence-corrected chi connectivity index (χ3v) is 8.95. The zero-order valence-corrected chi connectivity index (χ0v) is 22.8. The maximum atomic E-state index is 13.0. The maximum Gasteiger partial charge on any atom is 0.251 e. The van der Waals surface area contributed by atoms with E-state index in [0.29, 0.717) is 25.1 Å². The number of phenols is 1. The van der Waals surface area contributed by atoms with E-state index in [1.165, 1.54) is 17.2 Å². The first-order chi connectivity index (χ1) is 17.0. The minimum atomic E-state index is -0.447. The van der Waals surface area contributed by atoms with Gasteiger partial charge in [0, 0.05) is 29.5 Å². The van der Waals surface area contributed by atoms with E-state index in [2.05, 4.69) is 65.1 Å². The van der Waals surface area contributed by atoms with Crippen LogP contribution in [0.4, 0.5) is 0 Å². The molecule has 1 fully saturated rings. The number of aliphatic hydroxyl groups excluding tert-OH is 1. The van der Waals surface area contributed by atoms with Gasteiger partial charge in [-0.3, -0.25) is 4.79 Å². The molecule has 0 heterocycles. The number of nitrogens with one attached hydrogen (secondary N) is 1. The molecule has 5 nitrogen and oxygen atoms in total. The van der Waals surface area contributed by atoms with Crippen LogP contribution in [0.1, 0.15) is 118 Å². The molecule has 0 aromatic heterocycles. The smallest absolute Gasteiger partial charge is 0.251 e. The summed E-state index contributed by atoms with van der Waals surface area (Å²) in [6.07, 6.45) is 4.12. The number of aromatic hydroxyl groups is 1. The summed E-state index contributed by atoms with van der Waals surface area (Å²) in [6.45, 7) is 14.5. The summed E-state index contributed by atoms with van der Waals surface area (Å²) in [5.74, 6) is 0.840. The Bertz CT molecular complexity index is 1120. The number of ether oxygens (including phenoxy) is 1. The molecule has 36 heavy (non-hydrogen) atoms. The highest BCUT2D eigenvalue weighted by atomic mass is 16.5. The van der Waals surface area contributed by atoms with Gasteiger partial charge in [-0.05, 0) is 77.8 Å². The van der Waals surface area contributed by atoms with Crippen molar-refractivity contribution in [3.8, 4) is 11.5 Å². The monoisotopic (exact) mass is 493 g/mol. The molecule has 2 aromatic rings. The Balaban J connectivity index is 1.39.